The second-order valence-electron chi connectivity index (χ2n) is 9.75. The molecule has 0 bridgehead atoms. The summed E-state index contributed by atoms with van der Waals surface area (Å²) < 4.78 is 44.2. The summed E-state index contributed by atoms with van der Waals surface area (Å²) in [6.45, 7) is 10.9. The predicted molar refractivity (Wildman–Crippen MR) is 131 cm³/mol. The van der Waals surface area contributed by atoms with E-state index in [9.17, 15) is 17.6 Å². The minimum absolute atomic E-state index is 0.156. The molecule has 0 unspecified atom stereocenters. The van der Waals surface area contributed by atoms with Crippen LogP contribution in [0.3, 0.4) is 0 Å². The third-order valence-corrected chi connectivity index (χ3v) is 7.50. The van der Waals surface area contributed by atoms with Gasteiger partial charge in [-0.15, -0.1) is 0 Å². The largest absolute Gasteiger partial charge is 0.444 e. The van der Waals surface area contributed by atoms with Gasteiger partial charge in [-0.3, -0.25) is 4.39 Å². The van der Waals surface area contributed by atoms with Crippen molar-refractivity contribution in [3.05, 3.63) is 53.2 Å². The van der Waals surface area contributed by atoms with Crippen LogP contribution < -0.4 is 4.90 Å². The molecule has 1 saturated heterocycles. The molecule has 0 aliphatic carbocycles. The molecule has 34 heavy (non-hydrogen) atoms. The second kappa shape index (κ2) is 10.3. The van der Waals surface area contributed by atoms with Crippen LogP contribution in [0.5, 0.6) is 0 Å². The summed E-state index contributed by atoms with van der Waals surface area (Å²) in [5, 5.41) is 0. The normalized spacial score (nSPS) is 15.8. The zero-order chi connectivity index (χ0) is 25.1. The van der Waals surface area contributed by atoms with Crippen molar-refractivity contribution in [3.63, 3.8) is 0 Å². The fraction of sp³-hybridized carbons (Fsp3) is 0.520. The number of amides is 1. The fourth-order valence-electron chi connectivity index (χ4n) is 3.73. The number of hydrogen-bond acceptors (Lipinski definition) is 6. The molecular formula is C25H34FN3O4S. The summed E-state index contributed by atoms with van der Waals surface area (Å²) in [6, 6.07) is 10.0. The Morgan fingerprint density at radius 2 is 1.71 bits per heavy atom. The number of carbonyl (C=O) groups excluding carboxylic acids is 1. The molecule has 0 spiro atoms. The molecule has 0 N–H and O–H groups in total. The lowest BCUT2D eigenvalue weighted by atomic mass is 10.0. The molecule has 2 heterocycles. The van der Waals surface area contributed by atoms with E-state index in [4.69, 9.17) is 4.74 Å². The van der Waals surface area contributed by atoms with Crippen LogP contribution in [0.15, 0.2) is 41.3 Å². The van der Waals surface area contributed by atoms with Gasteiger partial charge < -0.3 is 14.5 Å². The molecular weight excluding hydrogens is 457 g/mol. The minimum atomic E-state index is -3.56. The first-order valence-corrected chi connectivity index (χ1v) is 13.1. The van der Waals surface area contributed by atoms with Gasteiger partial charge in [-0.05, 0) is 57.0 Å². The average molecular weight is 492 g/mol. The quantitative estimate of drug-likeness (QED) is 0.592. The number of carbonyl (C=O) groups is 1. The van der Waals surface area contributed by atoms with Crippen LogP contribution in [0.1, 0.15) is 50.4 Å². The predicted octanol–water partition coefficient (Wildman–Crippen LogP) is 4.49. The van der Waals surface area contributed by atoms with Crippen molar-refractivity contribution in [2.75, 3.05) is 37.8 Å². The number of alkyl halides is 1. The van der Waals surface area contributed by atoms with Gasteiger partial charge in [0.1, 0.15) is 11.4 Å². The zero-order valence-corrected chi connectivity index (χ0v) is 21.4. The Hall–Kier alpha value is -2.68. The number of ether oxygens (including phenoxy) is 1. The highest BCUT2D eigenvalue weighted by Crippen LogP contribution is 2.24. The first-order chi connectivity index (χ1) is 15.9. The molecule has 1 aromatic carbocycles. The summed E-state index contributed by atoms with van der Waals surface area (Å²) in [5.74, 6) is 0.338. The molecule has 3 rings (SSSR count). The molecule has 9 heteroatoms. The van der Waals surface area contributed by atoms with Gasteiger partial charge in [-0.2, -0.15) is 0 Å². The van der Waals surface area contributed by atoms with Crippen LogP contribution >= 0.6 is 0 Å². The molecule has 0 saturated carbocycles. The molecule has 1 aliphatic rings. The van der Waals surface area contributed by atoms with E-state index in [1.165, 1.54) is 12.1 Å². The van der Waals surface area contributed by atoms with Crippen LogP contribution in [0.25, 0.3) is 0 Å². The van der Waals surface area contributed by atoms with Gasteiger partial charge in [0.25, 0.3) is 0 Å². The Morgan fingerprint density at radius 1 is 1.09 bits per heavy atom. The van der Waals surface area contributed by atoms with Gasteiger partial charge in [0.15, 0.2) is 9.84 Å². The highest BCUT2D eigenvalue weighted by atomic mass is 32.2. The first kappa shape index (κ1) is 25.9. The lowest BCUT2D eigenvalue weighted by Gasteiger charge is -2.36. The standard InChI is InChI=1S/C25H34FN3O4S/c1-18(16-26)20-6-9-22(10-7-20)34(31,32)17-21-8-11-23(27-19(21)2)28-12-14-29(15-13-28)24(30)33-25(3,4)5/h6-11,18H,12-17H2,1-5H3/t18-/m1/s1. The van der Waals surface area contributed by atoms with Crippen molar-refractivity contribution in [2.45, 2.75) is 56.8 Å². The number of sulfone groups is 1. The van der Waals surface area contributed by atoms with Crippen molar-refractivity contribution < 1.29 is 22.3 Å². The number of pyridine rings is 1. The first-order valence-electron chi connectivity index (χ1n) is 11.5. The van der Waals surface area contributed by atoms with Crippen LogP contribution in [0.2, 0.25) is 0 Å². The van der Waals surface area contributed by atoms with Crippen LogP contribution in [0, 0.1) is 6.92 Å². The van der Waals surface area contributed by atoms with Crippen molar-refractivity contribution in [2.24, 2.45) is 0 Å². The number of benzene rings is 1. The Labute approximate surface area is 201 Å². The van der Waals surface area contributed by atoms with Crippen molar-refractivity contribution in [1.82, 2.24) is 9.88 Å². The topological polar surface area (TPSA) is 79.8 Å². The van der Waals surface area contributed by atoms with E-state index in [1.54, 1.807) is 36.9 Å². The van der Waals surface area contributed by atoms with Gasteiger partial charge in [0.05, 0.1) is 17.3 Å². The summed E-state index contributed by atoms with van der Waals surface area (Å²) in [4.78, 5) is 20.9. The zero-order valence-electron chi connectivity index (χ0n) is 20.5. The number of aryl methyl sites for hydroxylation is 1. The molecule has 7 nitrogen and oxygen atoms in total. The van der Waals surface area contributed by atoms with Crippen molar-refractivity contribution in [3.8, 4) is 0 Å². The van der Waals surface area contributed by atoms with Crippen LogP contribution in [0.4, 0.5) is 15.0 Å². The Morgan fingerprint density at radius 3 is 2.24 bits per heavy atom. The summed E-state index contributed by atoms with van der Waals surface area (Å²) in [7, 11) is -3.56. The van der Waals surface area contributed by atoms with Crippen LogP contribution in [-0.4, -0.2) is 62.8 Å². The highest BCUT2D eigenvalue weighted by Gasteiger charge is 2.26. The van der Waals surface area contributed by atoms with Crippen molar-refractivity contribution >= 4 is 21.7 Å². The summed E-state index contributed by atoms with van der Waals surface area (Å²) in [5.41, 5.74) is 1.53. The van der Waals surface area contributed by atoms with Gasteiger partial charge in [0.2, 0.25) is 0 Å². The number of aromatic nitrogens is 1. The van der Waals surface area contributed by atoms with E-state index >= 15 is 0 Å². The fourth-order valence-corrected chi connectivity index (χ4v) is 5.16. The molecule has 1 atom stereocenters. The Balaban J connectivity index is 1.65. The molecule has 1 aromatic heterocycles. The maximum atomic E-state index is 12.9. The smallest absolute Gasteiger partial charge is 0.410 e. The number of piperazine rings is 1. The van der Waals surface area contributed by atoms with E-state index in [0.717, 1.165) is 11.4 Å². The lowest BCUT2D eigenvalue weighted by Crippen LogP contribution is -2.50. The minimum Gasteiger partial charge on any atom is -0.444 e. The van der Waals surface area contributed by atoms with E-state index < -0.39 is 22.1 Å². The molecule has 0 radical (unpaired) electrons. The number of rotatable bonds is 6. The number of hydrogen-bond donors (Lipinski definition) is 0. The molecule has 1 fully saturated rings. The second-order valence-corrected chi connectivity index (χ2v) is 11.7. The van der Waals surface area contributed by atoms with E-state index in [0.29, 0.717) is 37.4 Å². The summed E-state index contributed by atoms with van der Waals surface area (Å²) in [6.07, 6.45) is -0.316. The van der Waals surface area contributed by atoms with Gasteiger partial charge in [0, 0.05) is 37.8 Å². The van der Waals surface area contributed by atoms with Crippen molar-refractivity contribution in [1.29, 1.82) is 0 Å². The van der Waals surface area contributed by atoms with E-state index in [2.05, 4.69) is 9.88 Å². The third-order valence-electron chi connectivity index (χ3n) is 5.82. The maximum absolute atomic E-state index is 12.9. The average Bonchev–Trinajstić information content (AvgIpc) is 2.79. The Bertz CT molecular complexity index is 1110. The number of halogens is 1. The molecule has 1 amide bonds. The highest BCUT2D eigenvalue weighted by molar-refractivity contribution is 7.90. The molecule has 1 aliphatic heterocycles. The number of nitrogens with zero attached hydrogens (tertiary/aromatic N) is 3. The number of anilines is 1. The van der Waals surface area contributed by atoms with Gasteiger partial charge in [-0.25, -0.2) is 18.2 Å². The monoisotopic (exact) mass is 491 g/mol. The summed E-state index contributed by atoms with van der Waals surface area (Å²) >= 11 is 0. The van der Waals surface area contributed by atoms with E-state index in [1.807, 2.05) is 26.8 Å². The van der Waals surface area contributed by atoms with Gasteiger partial charge in [-0.1, -0.05) is 25.1 Å². The maximum Gasteiger partial charge on any atom is 0.410 e. The lowest BCUT2D eigenvalue weighted by molar-refractivity contribution is 0.0240. The van der Waals surface area contributed by atoms with Crippen LogP contribution in [-0.2, 0) is 20.3 Å². The van der Waals surface area contributed by atoms with E-state index in [-0.39, 0.29) is 22.7 Å². The molecule has 186 valence electrons. The molecule has 2 aromatic rings. The van der Waals surface area contributed by atoms with Gasteiger partial charge >= 0.3 is 6.09 Å². The Kier molecular flexibility index (Phi) is 7.85. The SMILES string of the molecule is Cc1nc(N2CCN(C(=O)OC(C)(C)C)CC2)ccc1CS(=O)(=O)c1ccc([C@H](C)CF)cc1. The third kappa shape index (κ3) is 6.46.